The molecule has 0 aromatic carbocycles. The molecule has 0 aliphatic carbocycles. The molecule has 9 heavy (non-hydrogen) atoms. The summed E-state index contributed by atoms with van der Waals surface area (Å²) < 4.78 is 5.39. The van der Waals surface area contributed by atoms with Gasteiger partial charge in [-0.05, 0) is 25.8 Å². The molecule has 2 atom stereocenters. The Morgan fingerprint density at radius 2 is 2.33 bits per heavy atom. The molecule has 1 aliphatic rings. The summed E-state index contributed by atoms with van der Waals surface area (Å²) in [6.45, 7) is 3.19. The van der Waals surface area contributed by atoms with E-state index in [-0.39, 0.29) is 0 Å². The number of hydrogen-bond donors (Lipinski definition) is 1. The minimum atomic E-state index is 0.314. The molecule has 0 amide bonds. The monoisotopic (exact) mass is 129 g/mol. The zero-order valence-electron chi connectivity index (χ0n) is 6.18. The van der Waals surface area contributed by atoms with Gasteiger partial charge in [0, 0.05) is 6.61 Å². The topological polar surface area (TPSA) is 21.3 Å². The van der Waals surface area contributed by atoms with E-state index in [0.29, 0.717) is 6.23 Å². The second-order valence-corrected chi connectivity index (χ2v) is 2.78. The second-order valence-electron chi connectivity index (χ2n) is 2.78. The predicted octanol–water partition coefficient (Wildman–Crippen LogP) is 0.978. The van der Waals surface area contributed by atoms with E-state index in [1.54, 1.807) is 0 Å². The molecule has 1 aliphatic heterocycles. The van der Waals surface area contributed by atoms with E-state index in [0.717, 1.165) is 18.9 Å². The zero-order chi connectivity index (χ0) is 6.69. The van der Waals surface area contributed by atoms with E-state index in [9.17, 15) is 0 Å². The predicted molar refractivity (Wildman–Crippen MR) is 37.2 cm³/mol. The number of hydrogen-bond acceptors (Lipinski definition) is 2. The van der Waals surface area contributed by atoms with Crippen molar-refractivity contribution in [3.05, 3.63) is 0 Å². The van der Waals surface area contributed by atoms with Crippen LogP contribution in [0, 0.1) is 5.92 Å². The maximum atomic E-state index is 5.39. The Bertz CT molecular complexity index is 85.0. The molecule has 0 bridgehead atoms. The van der Waals surface area contributed by atoms with E-state index in [1.807, 2.05) is 7.05 Å². The van der Waals surface area contributed by atoms with Gasteiger partial charge in [0.15, 0.2) is 0 Å². The Hall–Kier alpha value is -0.0800. The van der Waals surface area contributed by atoms with Gasteiger partial charge in [-0.1, -0.05) is 6.92 Å². The molecule has 0 saturated carbocycles. The lowest BCUT2D eigenvalue weighted by molar-refractivity contribution is -0.0201. The fraction of sp³-hybridized carbons (Fsp3) is 1.00. The Balaban J connectivity index is 2.23. The average Bonchev–Trinajstić information content (AvgIpc) is 1.88. The van der Waals surface area contributed by atoms with Gasteiger partial charge in [-0.15, -0.1) is 0 Å². The zero-order valence-corrected chi connectivity index (χ0v) is 6.18. The lowest BCUT2D eigenvalue weighted by Crippen LogP contribution is -2.34. The van der Waals surface area contributed by atoms with E-state index >= 15 is 0 Å². The molecule has 0 radical (unpaired) electrons. The first-order valence-electron chi connectivity index (χ1n) is 3.62. The quantitative estimate of drug-likeness (QED) is 0.570. The van der Waals surface area contributed by atoms with Crippen LogP contribution in [0.5, 0.6) is 0 Å². The highest BCUT2D eigenvalue weighted by Gasteiger charge is 2.16. The Kier molecular flexibility index (Phi) is 2.49. The first-order chi connectivity index (χ1) is 4.33. The van der Waals surface area contributed by atoms with Crippen LogP contribution in [0.4, 0.5) is 0 Å². The van der Waals surface area contributed by atoms with Crippen LogP contribution in [0.15, 0.2) is 0 Å². The summed E-state index contributed by atoms with van der Waals surface area (Å²) >= 11 is 0. The normalized spacial score (nSPS) is 36.7. The number of ether oxygens (including phenoxy) is 1. The fourth-order valence-electron chi connectivity index (χ4n) is 1.16. The third-order valence-corrected chi connectivity index (χ3v) is 1.87. The van der Waals surface area contributed by atoms with Gasteiger partial charge < -0.3 is 4.74 Å². The van der Waals surface area contributed by atoms with E-state index in [1.165, 1.54) is 6.42 Å². The van der Waals surface area contributed by atoms with Crippen LogP contribution in [0.1, 0.15) is 19.8 Å². The van der Waals surface area contributed by atoms with Crippen molar-refractivity contribution in [1.82, 2.24) is 5.32 Å². The lowest BCUT2D eigenvalue weighted by Gasteiger charge is -2.26. The molecule has 0 aromatic heterocycles. The summed E-state index contributed by atoms with van der Waals surface area (Å²) in [5, 5.41) is 3.11. The molecule has 1 heterocycles. The third kappa shape index (κ3) is 1.95. The van der Waals surface area contributed by atoms with Crippen molar-refractivity contribution in [2.75, 3.05) is 13.7 Å². The van der Waals surface area contributed by atoms with Crippen LogP contribution in [0.25, 0.3) is 0 Å². The van der Waals surface area contributed by atoms with Crippen LogP contribution in [-0.2, 0) is 4.74 Å². The molecule has 1 N–H and O–H groups in total. The van der Waals surface area contributed by atoms with Crippen LogP contribution < -0.4 is 5.32 Å². The van der Waals surface area contributed by atoms with Gasteiger partial charge in [-0.2, -0.15) is 0 Å². The number of nitrogens with one attached hydrogen (secondary N) is 1. The molecular weight excluding hydrogens is 114 g/mol. The van der Waals surface area contributed by atoms with Crippen molar-refractivity contribution in [2.45, 2.75) is 26.0 Å². The van der Waals surface area contributed by atoms with E-state index in [2.05, 4.69) is 12.2 Å². The minimum Gasteiger partial charge on any atom is -0.363 e. The molecule has 1 fully saturated rings. The highest BCUT2D eigenvalue weighted by atomic mass is 16.5. The van der Waals surface area contributed by atoms with Gasteiger partial charge in [0.05, 0.1) is 0 Å². The van der Waals surface area contributed by atoms with Gasteiger partial charge in [-0.25, -0.2) is 0 Å². The summed E-state index contributed by atoms with van der Waals surface area (Å²) in [5.74, 6) is 0.830. The SMILES string of the molecule is CN[C@H]1C[C@H](C)CCO1. The van der Waals surface area contributed by atoms with Crippen LogP contribution >= 0.6 is 0 Å². The van der Waals surface area contributed by atoms with Gasteiger partial charge in [0.1, 0.15) is 6.23 Å². The van der Waals surface area contributed by atoms with E-state index in [4.69, 9.17) is 4.74 Å². The van der Waals surface area contributed by atoms with Crippen LogP contribution in [0.3, 0.4) is 0 Å². The molecule has 1 rings (SSSR count). The minimum absolute atomic E-state index is 0.314. The maximum absolute atomic E-state index is 5.39. The van der Waals surface area contributed by atoms with Gasteiger partial charge >= 0.3 is 0 Å². The van der Waals surface area contributed by atoms with Crippen molar-refractivity contribution in [2.24, 2.45) is 5.92 Å². The maximum Gasteiger partial charge on any atom is 0.108 e. The first kappa shape index (κ1) is 7.03. The standard InChI is InChI=1S/C7H15NO/c1-6-3-4-9-7(5-6)8-2/h6-8H,3-5H2,1-2H3/t6-,7-/m1/s1. The Morgan fingerprint density at radius 3 is 2.78 bits per heavy atom. The second kappa shape index (κ2) is 3.18. The van der Waals surface area contributed by atoms with Crippen molar-refractivity contribution in [3.8, 4) is 0 Å². The fourth-order valence-corrected chi connectivity index (χ4v) is 1.16. The smallest absolute Gasteiger partial charge is 0.108 e. The summed E-state index contributed by atoms with van der Waals surface area (Å²) in [6, 6.07) is 0. The van der Waals surface area contributed by atoms with Crippen LogP contribution in [0.2, 0.25) is 0 Å². The van der Waals surface area contributed by atoms with Crippen molar-refractivity contribution < 1.29 is 4.74 Å². The van der Waals surface area contributed by atoms with Crippen molar-refractivity contribution >= 4 is 0 Å². The largest absolute Gasteiger partial charge is 0.363 e. The highest BCUT2D eigenvalue weighted by Crippen LogP contribution is 2.16. The molecule has 0 spiro atoms. The van der Waals surface area contributed by atoms with Crippen molar-refractivity contribution in [1.29, 1.82) is 0 Å². The van der Waals surface area contributed by atoms with Crippen LogP contribution in [-0.4, -0.2) is 19.9 Å². The Labute approximate surface area is 56.6 Å². The molecular formula is C7H15NO. The highest BCUT2D eigenvalue weighted by molar-refractivity contribution is 4.64. The molecule has 0 aromatic rings. The molecule has 1 saturated heterocycles. The molecule has 54 valence electrons. The van der Waals surface area contributed by atoms with Gasteiger partial charge in [0.25, 0.3) is 0 Å². The molecule has 2 heteroatoms. The third-order valence-electron chi connectivity index (χ3n) is 1.87. The Morgan fingerprint density at radius 1 is 1.56 bits per heavy atom. The lowest BCUT2D eigenvalue weighted by atomic mass is 10.0. The summed E-state index contributed by atoms with van der Waals surface area (Å²) in [5.41, 5.74) is 0. The molecule has 0 unspecified atom stereocenters. The summed E-state index contributed by atoms with van der Waals surface area (Å²) in [4.78, 5) is 0. The number of rotatable bonds is 1. The summed E-state index contributed by atoms with van der Waals surface area (Å²) in [7, 11) is 1.95. The van der Waals surface area contributed by atoms with Crippen molar-refractivity contribution in [3.63, 3.8) is 0 Å². The summed E-state index contributed by atoms with van der Waals surface area (Å²) in [6.07, 6.45) is 2.70. The van der Waals surface area contributed by atoms with Gasteiger partial charge in [0.2, 0.25) is 0 Å². The molecule has 2 nitrogen and oxygen atoms in total. The first-order valence-corrected chi connectivity index (χ1v) is 3.62. The van der Waals surface area contributed by atoms with E-state index < -0.39 is 0 Å². The average molecular weight is 129 g/mol. The van der Waals surface area contributed by atoms with Gasteiger partial charge in [-0.3, -0.25) is 5.32 Å².